The van der Waals surface area contributed by atoms with Crippen LogP contribution in [0.25, 0.3) is 10.6 Å². The lowest BCUT2D eigenvalue weighted by Crippen LogP contribution is -2.06. The van der Waals surface area contributed by atoms with Gasteiger partial charge in [0, 0.05) is 5.38 Å². The average Bonchev–Trinajstić information content (AvgIpc) is 2.77. The summed E-state index contributed by atoms with van der Waals surface area (Å²) in [6.45, 7) is 0. The fourth-order valence-corrected chi connectivity index (χ4v) is 2.08. The Balaban J connectivity index is 2.44. The molecule has 0 saturated heterocycles. The molecule has 0 unspecified atom stereocenters. The van der Waals surface area contributed by atoms with Crippen LogP contribution in [0.1, 0.15) is 0 Å². The minimum Gasteiger partial charge on any atom is -0.496 e. The molecule has 1 aromatic carbocycles. The molecule has 3 N–H and O–H groups in total. The highest BCUT2D eigenvalue weighted by atomic mass is 32.1. The zero-order chi connectivity index (χ0) is 10.7. The van der Waals surface area contributed by atoms with E-state index in [1.165, 1.54) is 11.3 Å². The number of thiazole rings is 1. The quantitative estimate of drug-likeness (QED) is 0.615. The molecule has 0 aliphatic rings. The molecule has 2 aromatic rings. The molecule has 0 aliphatic carbocycles. The molecule has 0 bridgehead atoms. The van der Waals surface area contributed by atoms with Gasteiger partial charge in [0.2, 0.25) is 0 Å². The van der Waals surface area contributed by atoms with E-state index in [4.69, 9.17) is 10.6 Å². The number of nitrogens with one attached hydrogen (secondary N) is 1. The first-order chi connectivity index (χ1) is 7.35. The van der Waals surface area contributed by atoms with E-state index in [-0.39, 0.29) is 0 Å². The highest BCUT2D eigenvalue weighted by molar-refractivity contribution is 7.13. The zero-order valence-corrected chi connectivity index (χ0v) is 9.04. The molecule has 4 nitrogen and oxygen atoms in total. The SMILES string of the molecule is COc1ccccc1-c1nc(NN)cs1. The van der Waals surface area contributed by atoms with E-state index in [9.17, 15) is 0 Å². The predicted molar refractivity (Wildman–Crippen MR) is 61.9 cm³/mol. The highest BCUT2D eigenvalue weighted by Gasteiger charge is 2.08. The van der Waals surface area contributed by atoms with Crippen molar-refractivity contribution in [2.24, 2.45) is 5.84 Å². The Labute approximate surface area is 91.7 Å². The number of nitrogens with zero attached hydrogens (tertiary/aromatic N) is 1. The minimum absolute atomic E-state index is 0.668. The van der Waals surface area contributed by atoms with Crippen LogP contribution in [0.2, 0.25) is 0 Å². The van der Waals surface area contributed by atoms with Gasteiger partial charge in [-0.15, -0.1) is 11.3 Å². The Morgan fingerprint density at radius 1 is 1.40 bits per heavy atom. The third kappa shape index (κ3) is 1.93. The molecule has 0 aliphatic heterocycles. The number of hydrogen-bond acceptors (Lipinski definition) is 5. The van der Waals surface area contributed by atoms with Crippen molar-refractivity contribution < 1.29 is 4.74 Å². The number of benzene rings is 1. The fraction of sp³-hybridized carbons (Fsp3) is 0.100. The van der Waals surface area contributed by atoms with Gasteiger partial charge in [-0.3, -0.25) is 0 Å². The van der Waals surface area contributed by atoms with Crippen molar-refractivity contribution >= 4 is 17.2 Å². The second kappa shape index (κ2) is 4.29. The van der Waals surface area contributed by atoms with E-state index in [2.05, 4.69) is 10.4 Å². The van der Waals surface area contributed by atoms with Gasteiger partial charge in [0.1, 0.15) is 10.8 Å². The number of nitrogens with two attached hydrogens (primary N) is 1. The zero-order valence-electron chi connectivity index (χ0n) is 8.23. The Bertz CT molecular complexity index is 455. The van der Waals surface area contributed by atoms with Gasteiger partial charge in [0.25, 0.3) is 0 Å². The number of methoxy groups -OCH3 is 1. The van der Waals surface area contributed by atoms with Crippen LogP contribution in [0.4, 0.5) is 5.82 Å². The minimum atomic E-state index is 0.668. The summed E-state index contributed by atoms with van der Waals surface area (Å²) in [7, 11) is 1.65. The molecule has 2 rings (SSSR count). The van der Waals surface area contributed by atoms with Crippen molar-refractivity contribution in [1.29, 1.82) is 0 Å². The number of hydrazine groups is 1. The van der Waals surface area contributed by atoms with Gasteiger partial charge < -0.3 is 10.2 Å². The monoisotopic (exact) mass is 221 g/mol. The van der Waals surface area contributed by atoms with Gasteiger partial charge in [-0.2, -0.15) is 0 Å². The lowest BCUT2D eigenvalue weighted by atomic mass is 10.2. The van der Waals surface area contributed by atoms with Gasteiger partial charge in [0.05, 0.1) is 12.7 Å². The van der Waals surface area contributed by atoms with Crippen molar-refractivity contribution in [1.82, 2.24) is 4.98 Å². The number of anilines is 1. The summed E-state index contributed by atoms with van der Waals surface area (Å²) in [5.41, 5.74) is 3.49. The maximum absolute atomic E-state index is 5.27. The number of nitrogen functional groups attached to an aromatic ring is 1. The smallest absolute Gasteiger partial charge is 0.151 e. The topological polar surface area (TPSA) is 60.2 Å². The van der Waals surface area contributed by atoms with Crippen molar-refractivity contribution in [2.45, 2.75) is 0 Å². The Kier molecular flexibility index (Phi) is 2.84. The first-order valence-corrected chi connectivity index (χ1v) is 5.28. The van der Waals surface area contributed by atoms with Crippen LogP contribution >= 0.6 is 11.3 Å². The normalized spacial score (nSPS) is 10.0. The maximum Gasteiger partial charge on any atom is 0.151 e. The van der Waals surface area contributed by atoms with Crippen LogP contribution in [-0.4, -0.2) is 12.1 Å². The lowest BCUT2D eigenvalue weighted by Gasteiger charge is -2.04. The standard InChI is InChI=1S/C10H11N3OS/c1-14-8-5-3-2-4-7(8)10-12-9(13-11)6-15-10/h2-6,13H,11H2,1H3. The molecule has 0 radical (unpaired) electrons. The summed E-state index contributed by atoms with van der Waals surface area (Å²) in [4.78, 5) is 4.31. The molecular formula is C10H11N3OS. The summed E-state index contributed by atoms with van der Waals surface area (Å²) in [5.74, 6) is 6.76. The predicted octanol–water partition coefficient (Wildman–Crippen LogP) is 2.10. The average molecular weight is 221 g/mol. The van der Waals surface area contributed by atoms with Gasteiger partial charge in [0.15, 0.2) is 5.82 Å². The van der Waals surface area contributed by atoms with Crippen LogP contribution in [0.15, 0.2) is 29.6 Å². The number of aromatic nitrogens is 1. The molecule has 15 heavy (non-hydrogen) atoms. The number of ether oxygens (including phenoxy) is 1. The van der Waals surface area contributed by atoms with Crippen molar-refractivity contribution in [3.8, 4) is 16.3 Å². The summed E-state index contributed by atoms with van der Waals surface area (Å²) in [6, 6.07) is 7.76. The van der Waals surface area contributed by atoms with E-state index in [0.29, 0.717) is 5.82 Å². The first-order valence-electron chi connectivity index (χ1n) is 4.40. The second-order valence-corrected chi connectivity index (χ2v) is 3.74. The molecule has 0 saturated carbocycles. The van der Waals surface area contributed by atoms with E-state index in [0.717, 1.165) is 16.3 Å². The number of rotatable bonds is 3. The third-order valence-electron chi connectivity index (χ3n) is 1.99. The third-order valence-corrected chi connectivity index (χ3v) is 2.87. The van der Waals surface area contributed by atoms with Crippen LogP contribution in [0.5, 0.6) is 5.75 Å². The van der Waals surface area contributed by atoms with Crippen LogP contribution in [0, 0.1) is 0 Å². The molecule has 1 aromatic heterocycles. The van der Waals surface area contributed by atoms with Crippen LogP contribution in [-0.2, 0) is 0 Å². The molecular weight excluding hydrogens is 210 g/mol. The molecule has 1 heterocycles. The Morgan fingerprint density at radius 3 is 2.87 bits per heavy atom. The molecule has 0 atom stereocenters. The van der Waals surface area contributed by atoms with Gasteiger partial charge in [-0.25, -0.2) is 10.8 Å². The largest absolute Gasteiger partial charge is 0.496 e. The second-order valence-electron chi connectivity index (χ2n) is 2.88. The summed E-state index contributed by atoms with van der Waals surface area (Å²) >= 11 is 1.52. The van der Waals surface area contributed by atoms with Crippen LogP contribution < -0.4 is 16.0 Å². The molecule has 0 spiro atoms. The Morgan fingerprint density at radius 2 is 2.20 bits per heavy atom. The van der Waals surface area contributed by atoms with Crippen molar-refractivity contribution in [2.75, 3.05) is 12.5 Å². The summed E-state index contributed by atoms with van der Waals surface area (Å²) in [5, 5.41) is 2.75. The number of para-hydroxylation sites is 1. The first kappa shape index (κ1) is 9.95. The number of hydrogen-bond donors (Lipinski definition) is 2. The van der Waals surface area contributed by atoms with Crippen molar-refractivity contribution in [3.63, 3.8) is 0 Å². The summed E-state index contributed by atoms with van der Waals surface area (Å²) in [6.07, 6.45) is 0. The van der Waals surface area contributed by atoms with E-state index >= 15 is 0 Å². The lowest BCUT2D eigenvalue weighted by molar-refractivity contribution is 0.416. The Hall–Kier alpha value is -1.59. The fourth-order valence-electron chi connectivity index (χ4n) is 1.29. The van der Waals surface area contributed by atoms with Gasteiger partial charge >= 0.3 is 0 Å². The van der Waals surface area contributed by atoms with E-state index < -0.39 is 0 Å². The van der Waals surface area contributed by atoms with Crippen LogP contribution in [0.3, 0.4) is 0 Å². The highest BCUT2D eigenvalue weighted by Crippen LogP contribution is 2.32. The molecule has 5 heteroatoms. The summed E-state index contributed by atoms with van der Waals surface area (Å²) < 4.78 is 5.26. The molecule has 78 valence electrons. The van der Waals surface area contributed by atoms with Gasteiger partial charge in [-0.1, -0.05) is 12.1 Å². The maximum atomic E-state index is 5.27. The van der Waals surface area contributed by atoms with Crippen molar-refractivity contribution in [3.05, 3.63) is 29.6 Å². The van der Waals surface area contributed by atoms with E-state index in [1.54, 1.807) is 7.11 Å². The van der Waals surface area contributed by atoms with Gasteiger partial charge in [-0.05, 0) is 12.1 Å². The molecule has 0 amide bonds. The van der Waals surface area contributed by atoms with E-state index in [1.807, 2.05) is 29.6 Å². The molecule has 0 fully saturated rings.